The van der Waals surface area contributed by atoms with Gasteiger partial charge < -0.3 is 9.47 Å². The van der Waals surface area contributed by atoms with Gasteiger partial charge in [0, 0.05) is 20.3 Å². The first-order valence-corrected chi connectivity index (χ1v) is 6.36. The molecule has 0 saturated carbocycles. The molecule has 0 saturated heterocycles. The zero-order valence-corrected chi connectivity index (χ0v) is 11.7. The van der Waals surface area contributed by atoms with Gasteiger partial charge in [-0.25, -0.2) is 0 Å². The van der Waals surface area contributed by atoms with E-state index in [0.717, 1.165) is 13.2 Å². The summed E-state index contributed by atoms with van der Waals surface area (Å²) in [5, 5.41) is 0. The van der Waals surface area contributed by atoms with Crippen LogP contribution in [-0.4, -0.2) is 20.3 Å². The molecule has 0 radical (unpaired) electrons. The molecule has 17 heavy (non-hydrogen) atoms. The summed E-state index contributed by atoms with van der Waals surface area (Å²) < 4.78 is 10.0. The van der Waals surface area contributed by atoms with Crippen molar-refractivity contribution in [1.29, 1.82) is 0 Å². The zero-order chi connectivity index (χ0) is 12.9. The maximum Gasteiger partial charge on any atom is 0.0713 e. The molecule has 0 amide bonds. The molecule has 0 spiro atoms. The highest BCUT2D eigenvalue weighted by atomic mass is 16.5. The number of hydrogen-bond donors (Lipinski definition) is 0. The van der Waals surface area contributed by atoms with Crippen molar-refractivity contribution in [1.82, 2.24) is 0 Å². The quantitative estimate of drug-likeness (QED) is 0.698. The lowest BCUT2D eigenvalue weighted by Gasteiger charge is -1.98. The summed E-state index contributed by atoms with van der Waals surface area (Å²) in [4.78, 5) is 0. The van der Waals surface area contributed by atoms with Crippen molar-refractivity contribution >= 4 is 0 Å². The fraction of sp³-hybridized carbons (Fsp3) is 0.600. The lowest BCUT2D eigenvalue weighted by Crippen LogP contribution is -1.90. The Labute approximate surface area is 106 Å². The molecule has 2 heteroatoms. The lowest BCUT2D eigenvalue weighted by molar-refractivity contribution is 0.144. The SMILES string of the molecule is CCCCOCC.COCc1ccc(C)cc1. The summed E-state index contributed by atoms with van der Waals surface area (Å²) in [5.74, 6) is 0. The van der Waals surface area contributed by atoms with Crippen LogP contribution >= 0.6 is 0 Å². The van der Waals surface area contributed by atoms with E-state index in [1.165, 1.54) is 24.0 Å². The van der Waals surface area contributed by atoms with Crippen molar-refractivity contribution < 1.29 is 9.47 Å². The Hall–Kier alpha value is -0.860. The molecule has 0 aliphatic heterocycles. The van der Waals surface area contributed by atoms with Gasteiger partial charge >= 0.3 is 0 Å². The summed E-state index contributed by atoms with van der Waals surface area (Å²) in [6, 6.07) is 8.35. The van der Waals surface area contributed by atoms with Crippen molar-refractivity contribution in [3.8, 4) is 0 Å². The van der Waals surface area contributed by atoms with Crippen molar-refractivity contribution in [2.75, 3.05) is 20.3 Å². The molecular weight excluding hydrogens is 212 g/mol. The van der Waals surface area contributed by atoms with E-state index in [0.29, 0.717) is 6.61 Å². The van der Waals surface area contributed by atoms with Gasteiger partial charge in [0.2, 0.25) is 0 Å². The second kappa shape index (κ2) is 11.6. The summed E-state index contributed by atoms with van der Waals surface area (Å²) in [6.45, 7) is 8.78. The second-order valence-electron chi connectivity index (χ2n) is 3.97. The van der Waals surface area contributed by atoms with Crippen LogP contribution in [0.15, 0.2) is 24.3 Å². The van der Waals surface area contributed by atoms with Gasteiger partial charge in [-0.2, -0.15) is 0 Å². The maximum absolute atomic E-state index is 5.07. The fourth-order valence-corrected chi connectivity index (χ4v) is 1.24. The number of unbranched alkanes of at least 4 members (excludes halogenated alkanes) is 1. The first-order chi connectivity index (χ1) is 8.24. The zero-order valence-electron chi connectivity index (χ0n) is 11.7. The van der Waals surface area contributed by atoms with Gasteiger partial charge in [-0.1, -0.05) is 43.2 Å². The van der Waals surface area contributed by atoms with Gasteiger partial charge in [-0.3, -0.25) is 0 Å². The molecule has 0 fully saturated rings. The molecule has 1 aromatic rings. The molecule has 0 atom stereocenters. The highest BCUT2D eigenvalue weighted by Crippen LogP contribution is 2.03. The molecule has 0 heterocycles. The first kappa shape index (κ1) is 16.1. The van der Waals surface area contributed by atoms with Crippen molar-refractivity contribution in [2.24, 2.45) is 0 Å². The fourth-order valence-electron chi connectivity index (χ4n) is 1.24. The van der Waals surface area contributed by atoms with E-state index < -0.39 is 0 Å². The maximum atomic E-state index is 5.07. The van der Waals surface area contributed by atoms with E-state index in [9.17, 15) is 0 Å². The minimum atomic E-state index is 0.709. The number of methoxy groups -OCH3 is 1. The minimum Gasteiger partial charge on any atom is -0.382 e. The number of benzene rings is 1. The standard InChI is InChI=1S/C9H12O.C6H14O/c1-8-3-5-9(6-4-8)7-10-2;1-3-5-6-7-4-2/h3-6H,7H2,1-2H3;3-6H2,1-2H3. The molecular formula is C15H26O2. The molecule has 98 valence electrons. The van der Waals surface area contributed by atoms with E-state index in [1.54, 1.807) is 7.11 Å². The Balaban J connectivity index is 0.000000325. The number of hydrogen-bond acceptors (Lipinski definition) is 2. The Bertz CT molecular complexity index is 250. The smallest absolute Gasteiger partial charge is 0.0713 e. The molecule has 1 rings (SSSR count). The topological polar surface area (TPSA) is 18.5 Å². The number of rotatable bonds is 6. The van der Waals surface area contributed by atoms with E-state index in [4.69, 9.17) is 9.47 Å². The Kier molecular flexibility index (Phi) is 11.0. The van der Waals surface area contributed by atoms with E-state index in [-0.39, 0.29) is 0 Å². The van der Waals surface area contributed by atoms with Crippen LogP contribution in [0.2, 0.25) is 0 Å². The molecule has 2 nitrogen and oxygen atoms in total. The number of ether oxygens (including phenoxy) is 2. The van der Waals surface area contributed by atoms with Gasteiger partial charge in [-0.15, -0.1) is 0 Å². The van der Waals surface area contributed by atoms with Gasteiger partial charge in [0.25, 0.3) is 0 Å². The van der Waals surface area contributed by atoms with Crippen LogP contribution in [-0.2, 0) is 16.1 Å². The third-order valence-electron chi connectivity index (χ3n) is 2.28. The van der Waals surface area contributed by atoms with E-state index in [1.807, 2.05) is 6.92 Å². The summed E-state index contributed by atoms with van der Waals surface area (Å²) in [7, 11) is 1.71. The number of aryl methyl sites for hydroxylation is 1. The van der Waals surface area contributed by atoms with E-state index in [2.05, 4.69) is 38.1 Å². The third kappa shape index (κ3) is 10.0. The monoisotopic (exact) mass is 238 g/mol. The van der Waals surface area contributed by atoms with E-state index >= 15 is 0 Å². The molecule has 1 aromatic carbocycles. The summed E-state index contributed by atoms with van der Waals surface area (Å²) in [6.07, 6.45) is 2.44. The minimum absolute atomic E-state index is 0.709. The Morgan fingerprint density at radius 2 is 1.71 bits per heavy atom. The summed E-state index contributed by atoms with van der Waals surface area (Å²) >= 11 is 0. The van der Waals surface area contributed by atoms with Crippen LogP contribution in [0.4, 0.5) is 0 Å². The Morgan fingerprint density at radius 1 is 1.06 bits per heavy atom. The van der Waals surface area contributed by atoms with Crippen LogP contribution in [0.25, 0.3) is 0 Å². The van der Waals surface area contributed by atoms with Crippen LogP contribution in [0, 0.1) is 6.92 Å². The summed E-state index contributed by atoms with van der Waals surface area (Å²) in [5.41, 5.74) is 2.52. The van der Waals surface area contributed by atoms with Gasteiger partial charge in [0.15, 0.2) is 0 Å². The largest absolute Gasteiger partial charge is 0.382 e. The molecule has 0 unspecified atom stereocenters. The van der Waals surface area contributed by atoms with Crippen LogP contribution < -0.4 is 0 Å². The average molecular weight is 238 g/mol. The highest BCUT2D eigenvalue weighted by Gasteiger charge is 1.88. The first-order valence-electron chi connectivity index (χ1n) is 6.36. The molecule has 0 aliphatic carbocycles. The third-order valence-corrected chi connectivity index (χ3v) is 2.28. The lowest BCUT2D eigenvalue weighted by atomic mass is 10.2. The predicted octanol–water partition coefficient (Wildman–Crippen LogP) is 3.96. The van der Waals surface area contributed by atoms with Gasteiger partial charge in [0.05, 0.1) is 6.61 Å². The molecule has 0 bridgehead atoms. The van der Waals surface area contributed by atoms with Gasteiger partial charge in [0.1, 0.15) is 0 Å². The van der Waals surface area contributed by atoms with Crippen LogP contribution in [0.5, 0.6) is 0 Å². The van der Waals surface area contributed by atoms with Crippen molar-refractivity contribution in [3.05, 3.63) is 35.4 Å². The van der Waals surface area contributed by atoms with Gasteiger partial charge in [-0.05, 0) is 25.8 Å². The normalized spacial score (nSPS) is 9.65. The van der Waals surface area contributed by atoms with Crippen molar-refractivity contribution in [3.63, 3.8) is 0 Å². The Morgan fingerprint density at radius 3 is 2.18 bits per heavy atom. The average Bonchev–Trinajstić information content (AvgIpc) is 2.34. The predicted molar refractivity (Wildman–Crippen MR) is 73.3 cm³/mol. The highest BCUT2D eigenvalue weighted by molar-refractivity contribution is 5.20. The molecule has 0 N–H and O–H groups in total. The molecule has 0 aliphatic rings. The second-order valence-corrected chi connectivity index (χ2v) is 3.97. The van der Waals surface area contributed by atoms with Crippen LogP contribution in [0.3, 0.4) is 0 Å². The van der Waals surface area contributed by atoms with Crippen LogP contribution in [0.1, 0.15) is 37.8 Å². The van der Waals surface area contributed by atoms with Crippen molar-refractivity contribution in [2.45, 2.75) is 40.2 Å². The molecule has 0 aromatic heterocycles.